The van der Waals surface area contributed by atoms with Crippen LogP contribution < -0.4 is 0 Å². The third-order valence-electron chi connectivity index (χ3n) is 5.34. The molecule has 0 radical (unpaired) electrons. The molecule has 2 fully saturated rings. The molecule has 2 bridgehead atoms. The van der Waals surface area contributed by atoms with Crippen molar-refractivity contribution in [2.24, 2.45) is 40.4 Å². The number of rotatable bonds is 0. The molecule has 0 amide bonds. The van der Waals surface area contributed by atoms with Crippen LogP contribution in [0.15, 0.2) is 0 Å². The molecular weight excluding hydrogens is 192 g/mol. The van der Waals surface area contributed by atoms with Gasteiger partial charge in [-0.05, 0) is 53.3 Å². The maximum Gasteiger partial charge on any atom is -0.0298 e. The molecular formula is C16H30. The normalized spacial score (nSPS) is 44.1. The summed E-state index contributed by atoms with van der Waals surface area (Å²) in [6, 6.07) is 0. The van der Waals surface area contributed by atoms with Crippen LogP contribution in [0.3, 0.4) is 0 Å². The smallest absolute Gasteiger partial charge is 0.0298 e. The zero-order chi connectivity index (χ0) is 12.3. The van der Waals surface area contributed by atoms with Crippen molar-refractivity contribution in [3.8, 4) is 0 Å². The minimum absolute atomic E-state index is 0.492. The predicted octanol–water partition coefficient (Wildman–Crippen LogP) is 4.99. The van der Waals surface area contributed by atoms with Crippen LogP contribution in [0.4, 0.5) is 0 Å². The minimum atomic E-state index is 0.492. The van der Waals surface area contributed by atoms with E-state index in [4.69, 9.17) is 0 Å². The lowest BCUT2D eigenvalue weighted by Crippen LogP contribution is -2.42. The fourth-order valence-corrected chi connectivity index (χ4v) is 5.11. The molecule has 2 aliphatic carbocycles. The van der Waals surface area contributed by atoms with Crippen LogP contribution in [0.25, 0.3) is 0 Å². The largest absolute Gasteiger partial charge is 0.0622 e. The van der Waals surface area contributed by atoms with E-state index in [1.165, 1.54) is 12.8 Å². The van der Waals surface area contributed by atoms with E-state index >= 15 is 0 Å². The molecule has 0 heteroatoms. The first-order chi connectivity index (χ1) is 7.12. The number of hydrogen-bond donors (Lipinski definition) is 0. The average molecular weight is 222 g/mol. The number of hydrogen-bond acceptors (Lipinski definition) is 0. The lowest BCUT2D eigenvalue weighted by molar-refractivity contribution is 0.00509. The van der Waals surface area contributed by atoms with Crippen LogP contribution in [0.2, 0.25) is 0 Å². The first kappa shape index (κ1) is 12.5. The van der Waals surface area contributed by atoms with Crippen molar-refractivity contribution < 1.29 is 0 Å². The van der Waals surface area contributed by atoms with E-state index in [0.29, 0.717) is 10.8 Å². The van der Waals surface area contributed by atoms with Crippen molar-refractivity contribution in [1.82, 2.24) is 0 Å². The van der Waals surface area contributed by atoms with Gasteiger partial charge in [0.2, 0.25) is 0 Å². The van der Waals surface area contributed by atoms with Crippen LogP contribution in [-0.4, -0.2) is 0 Å². The second-order valence-electron chi connectivity index (χ2n) is 8.66. The van der Waals surface area contributed by atoms with Crippen molar-refractivity contribution in [2.75, 3.05) is 0 Å². The molecule has 5 atom stereocenters. The Bertz CT molecular complexity index is 263. The highest BCUT2D eigenvalue weighted by Gasteiger charge is 2.57. The van der Waals surface area contributed by atoms with Crippen LogP contribution in [0, 0.1) is 40.4 Å². The highest BCUT2D eigenvalue weighted by molar-refractivity contribution is 5.05. The molecule has 2 aliphatic rings. The van der Waals surface area contributed by atoms with Crippen molar-refractivity contribution >= 4 is 0 Å². The Kier molecular flexibility index (Phi) is 2.72. The van der Waals surface area contributed by atoms with Crippen LogP contribution in [-0.2, 0) is 0 Å². The average Bonchev–Trinajstić information content (AvgIpc) is 2.55. The summed E-state index contributed by atoms with van der Waals surface area (Å²) in [6.07, 6.45) is 3.02. The summed E-state index contributed by atoms with van der Waals surface area (Å²) >= 11 is 0. The Labute approximate surface area is 102 Å². The fourth-order valence-electron chi connectivity index (χ4n) is 5.11. The maximum atomic E-state index is 2.49. The highest BCUT2D eigenvalue weighted by Crippen LogP contribution is 2.64. The Balaban J connectivity index is 2.32. The molecule has 0 heterocycles. The van der Waals surface area contributed by atoms with Gasteiger partial charge in [-0.1, -0.05) is 48.5 Å². The van der Waals surface area contributed by atoms with E-state index < -0.39 is 0 Å². The van der Waals surface area contributed by atoms with Gasteiger partial charge in [-0.3, -0.25) is 0 Å². The zero-order valence-corrected chi connectivity index (χ0v) is 12.3. The molecule has 0 spiro atoms. The van der Waals surface area contributed by atoms with E-state index in [1.54, 1.807) is 0 Å². The van der Waals surface area contributed by atoms with E-state index in [2.05, 4.69) is 48.5 Å². The minimum Gasteiger partial charge on any atom is -0.0622 e. The van der Waals surface area contributed by atoms with Gasteiger partial charge in [0.25, 0.3) is 0 Å². The first-order valence-corrected chi connectivity index (χ1v) is 7.12. The van der Waals surface area contributed by atoms with E-state index in [0.717, 1.165) is 29.6 Å². The van der Waals surface area contributed by atoms with Crippen molar-refractivity contribution in [2.45, 2.75) is 61.3 Å². The molecule has 2 rings (SSSR count). The number of fused-ring (bicyclic) bond motifs is 2. The second-order valence-corrected chi connectivity index (χ2v) is 8.66. The van der Waals surface area contributed by atoms with E-state index in [-0.39, 0.29) is 0 Å². The quantitative estimate of drug-likeness (QED) is 0.542. The second kappa shape index (κ2) is 3.50. The summed E-state index contributed by atoms with van der Waals surface area (Å²) in [5, 5.41) is 0. The predicted molar refractivity (Wildman–Crippen MR) is 71.3 cm³/mol. The standard InChI is InChI=1S/C16H30/c1-10-8-11-9-12(10)14(16(5,6)7)13(11)15(2,3)4/h10-14H,8-9H2,1-7H3. The Morgan fingerprint density at radius 1 is 0.750 bits per heavy atom. The Hall–Kier alpha value is 0. The van der Waals surface area contributed by atoms with E-state index in [9.17, 15) is 0 Å². The van der Waals surface area contributed by atoms with Crippen LogP contribution in [0.1, 0.15) is 61.3 Å². The van der Waals surface area contributed by atoms with Crippen molar-refractivity contribution in [3.05, 3.63) is 0 Å². The van der Waals surface area contributed by atoms with Gasteiger partial charge in [0.1, 0.15) is 0 Å². The molecule has 0 aromatic heterocycles. The molecule has 0 aliphatic heterocycles. The first-order valence-electron chi connectivity index (χ1n) is 7.12. The monoisotopic (exact) mass is 222 g/mol. The van der Waals surface area contributed by atoms with Gasteiger partial charge in [0.05, 0.1) is 0 Å². The molecule has 0 aromatic carbocycles. The van der Waals surface area contributed by atoms with Gasteiger partial charge >= 0.3 is 0 Å². The Morgan fingerprint density at radius 2 is 1.25 bits per heavy atom. The van der Waals surface area contributed by atoms with Crippen molar-refractivity contribution in [3.63, 3.8) is 0 Å². The van der Waals surface area contributed by atoms with Gasteiger partial charge in [-0.25, -0.2) is 0 Å². The third-order valence-corrected chi connectivity index (χ3v) is 5.34. The molecule has 0 N–H and O–H groups in total. The molecule has 2 saturated carbocycles. The SMILES string of the molecule is CC1CC2CC1C(C(C)(C)C)C2C(C)(C)C. The van der Waals surface area contributed by atoms with Gasteiger partial charge < -0.3 is 0 Å². The fraction of sp³-hybridized carbons (Fsp3) is 1.00. The highest BCUT2D eigenvalue weighted by atomic mass is 14.6. The third kappa shape index (κ3) is 1.83. The zero-order valence-electron chi connectivity index (χ0n) is 12.3. The van der Waals surface area contributed by atoms with Crippen LogP contribution >= 0.6 is 0 Å². The molecule has 0 saturated heterocycles. The van der Waals surface area contributed by atoms with Crippen LogP contribution in [0.5, 0.6) is 0 Å². The molecule has 5 unspecified atom stereocenters. The summed E-state index contributed by atoms with van der Waals surface area (Å²) in [5.41, 5.74) is 0.990. The summed E-state index contributed by atoms with van der Waals surface area (Å²) in [6.45, 7) is 17.3. The van der Waals surface area contributed by atoms with Crippen molar-refractivity contribution in [1.29, 1.82) is 0 Å². The van der Waals surface area contributed by atoms with Gasteiger partial charge in [-0.2, -0.15) is 0 Å². The van der Waals surface area contributed by atoms with Gasteiger partial charge in [0.15, 0.2) is 0 Å². The molecule has 94 valence electrons. The Morgan fingerprint density at radius 3 is 1.69 bits per heavy atom. The molecule has 0 nitrogen and oxygen atoms in total. The molecule has 0 aromatic rings. The lowest BCUT2D eigenvalue weighted by atomic mass is 9.57. The van der Waals surface area contributed by atoms with E-state index in [1.807, 2.05) is 0 Å². The van der Waals surface area contributed by atoms with Gasteiger partial charge in [0, 0.05) is 0 Å². The summed E-state index contributed by atoms with van der Waals surface area (Å²) in [5.74, 6) is 4.90. The summed E-state index contributed by atoms with van der Waals surface area (Å²) in [7, 11) is 0. The topological polar surface area (TPSA) is 0 Å². The summed E-state index contributed by atoms with van der Waals surface area (Å²) < 4.78 is 0. The lowest BCUT2D eigenvalue weighted by Gasteiger charge is -2.48. The maximum absolute atomic E-state index is 2.49. The van der Waals surface area contributed by atoms with Gasteiger partial charge in [-0.15, -0.1) is 0 Å². The molecule has 16 heavy (non-hydrogen) atoms. The summed E-state index contributed by atoms with van der Waals surface area (Å²) in [4.78, 5) is 0.